The molecule has 0 aliphatic carbocycles. The second-order valence-corrected chi connectivity index (χ2v) is 7.54. The number of aromatic nitrogens is 2. The Bertz CT molecular complexity index is 1260. The van der Waals surface area contributed by atoms with Gasteiger partial charge in [0.1, 0.15) is 5.75 Å². The molecule has 2 aromatic heterocycles. The Labute approximate surface area is 185 Å². The van der Waals surface area contributed by atoms with Crippen molar-refractivity contribution < 1.29 is 14.3 Å². The van der Waals surface area contributed by atoms with Crippen LogP contribution in [0.5, 0.6) is 11.6 Å². The van der Waals surface area contributed by atoms with Gasteiger partial charge < -0.3 is 25.1 Å². The number of aryl methyl sites for hydroxylation is 1. The average Bonchev–Trinajstić information content (AvgIpc) is 3.31. The van der Waals surface area contributed by atoms with Crippen LogP contribution in [0.3, 0.4) is 0 Å². The molecule has 0 bridgehead atoms. The van der Waals surface area contributed by atoms with E-state index in [0.717, 1.165) is 11.3 Å². The van der Waals surface area contributed by atoms with Crippen LogP contribution in [-0.4, -0.2) is 22.6 Å². The van der Waals surface area contributed by atoms with E-state index < -0.39 is 11.8 Å². The lowest BCUT2D eigenvalue weighted by molar-refractivity contribution is -0.114. The van der Waals surface area contributed by atoms with Gasteiger partial charge in [0.2, 0.25) is 11.8 Å². The molecular formula is C24H23N5O3. The summed E-state index contributed by atoms with van der Waals surface area (Å²) in [5, 5.41) is 12.6. The maximum absolute atomic E-state index is 12.6. The number of pyridine rings is 1. The number of hydrogen-bond donors (Lipinski definition) is 2. The van der Waals surface area contributed by atoms with Gasteiger partial charge in [0.25, 0.3) is 0 Å². The summed E-state index contributed by atoms with van der Waals surface area (Å²) in [5.74, 6) is -0.283. The number of benzene rings is 1. The molecule has 3 N–H and O–H groups in total. The maximum Gasteiger partial charge on any atom is 0.247 e. The number of rotatable bonds is 6. The summed E-state index contributed by atoms with van der Waals surface area (Å²) in [4.78, 5) is 17.1. The van der Waals surface area contributed by atoms with Crippen LogP contribution in [0, 0.1) is 18.3 Å². The number of amides is 1. The zero-order valence-electron chi connectivity index (χ0n) is 18.0. The third kappa shape index (κ3) is 3.65. The molecule has 8 nitrogen and oxygen atoms in total. The number of carbonyl (C=O) groups excluding carboxylic acids is 1. The predicted molar refractivity (Wildman–Crippen MR) is 119 cm³/mol. The number of nitrogens with two attached hydrogens (primary N) is 1. The van der Waals surface area contributed by atoms with Crippen molar-refractivity contribution in [3.8, 4) is 17.7 Å². The highest BCUT2D eigenvalue weighted by molar-refractivity contribution is 5.98. The zero-order valence-corrected chi connectivity index (χ0v) is 18.0. The van der Waals surface area contributed by atoms with Gasteiger partial charge in [-0.3, -0.25) is 4.79 Å². The Balaban J connectivity index is 1.93. The van der Waals surface area contributed by atoms with E-state index >= 15 is 0 Å². The minimum atomic E-state index is -0.585. The lowest BCUT2D eigenvalue weighted by Gasteiger charge is -2.32. The van der Waals surface area contributed by atoms with Crippen molar-refractivity contribution in [1.29, 1.82) is 5.26 Å². The summed E-state index contributed by atoms with van der Waals surface area (Å²) >= 11 is 0. The predicted octanol–water partition coefficient (Wildman–Crippen LogP) is 3.43. The molecule has 1 aliphatic heterocycles. The Morgan fingerprint density at radius 2 is 2.06 bits per heavy atom. The van der Waals surface area contributed by atoms with Gasteiger partial charge >= 0.3 is 0 Å². The summed E-state index contributed by atoms with van der Waals surface area (Å²) < 4.78 is 13.6. The number of anilines is 1. The fraction of sp³-hybridized carbons (Fsp3) is 0.208. The van der Waals surface area contributed by atoms with E-state index in [4.69, 9.17) is 15.2 Å². The summed E-state index contributed by atoms with van der Waals surface area (Å²) in [7, 11) is 1.53. The lowest BCUT2D eigenvalue weighted by atomic mass is 9.79. The van der Waals surface area contributed by atoms with Crippen LogP contribution in [-0.2, 0) is 11.5 Å². The molecule has 1 amide bonds. The molecule has 0 spiro atoms. The average molecular weight is 429 g/mol. The van der Waals surface area contributed by atoms with Crippen LogP contribution < -0.4 is 20.5 Å². The number of nitrogens with zero attached hydrogens (tertiary/aromatic N) is 3. The second kappa shape index (κ2) is 8.47. The molecule has 1 aliphatic rings. The summed E-state index contributed by atoms with van der Waals surface area (Å²) in [5.41, 5.74) is 10.4. The van der Waals surface area contributed by atoms with Gasteiger partial charge in [-0.05, 0) is 43.7 Å². The molecule has 162 valence electrons. The number of allylic oxidation sites excluding steroid dienone is 1. The van der Waals surface area contributed by atoms with Gasteiger partial charge in [0.15, 0.2) is 6.73 Å². The van der Waals surface area contributed by atoms with Crippen LogP contribution in [0.2, 0.25) is 0 Å². The summed E-state index contributed by atoms with van der Waals surface area (Å²) in [6.45, 7) is 4.00. The van der Waals surface area contributed by atoms with E-state index in [0.29, 0.717) is 39.6 Å². The quantitative estimate of drug-likeness (QED) is 0.620. The maximum atomic E-state index is 12.6. The highest BCUT2D eigenvalue weighted by Crippen LogP contribution is 2.48. The molecule has 8 heteroatoms. The molecule has 1 aromatic carbocycles. The molecule has 0 saturated carbocycles. The molecule has 0 unspecified atom stereocenters. The molecule has 0 saturated heterocycles. The van der Waals surface area contributed by atoms with Crippen LogP contribution in [0.15, 0.2) is 60.2 Å². The third-order valence-corrected chi connectivity index (χ3v) is 5.52. The monoisotopic (exact) mass is 429 g/mol. The van der Waals surface area contributed by atoms with Gasteiger partial charge in [-0.15, -0.1) is 0 Å². The SMILES string of the molecule is COc1cc(C#N)ccc1[C@@H]1C(C(N)=O)=C(C)Nc2c(C)cnc(OCn3cccc3)c21. The first-order valence-corrected chi connectivity index (χ1v) is 10.0. The molecule has 32 heavy (non-hydrogen) atoms. The van der Waals surface area contributed by atoms with Gasteiger partial charge in [-0.2, -0.15) is 5.26 Å². The Kier molecular flexibility index (Phi) is 5.56. The zero-order chi connectivity index (χ0) is 22.8. The number of hydrogen-bond acceptors (Lipinski definition) is 6. The van der Waals surface area contributed by atoms with Gasteiger partial charge in [-0.1, -0.05) is 6.07 Å². The molecule has 0 fully saturated rings. The Morgan fingerprint density at radius 3 is 2.72 bits per heavy atom. The molecule has 0 radical (unpaired) electrons. The van der Waals surface area contributed by atoms with E-state index in [1.54, 1.807) is 24.4 Å². The third-order valence-electron chi connectivity index (χ3n) is 5.52. The first-order chi connectivity index (χ1) is 15.4. The van der Waals surface area contributed by atoms with Crippen molar-refractivity contribution >= 4 is 11.6 Å². The number of primary amides is 1. The van der Waals surface area contributed by atoms with Crippen LogP contribution in [0.1, 0.15) is 35.1 Å². The molecule has 3 heterocycles. The number of nitrogens with one attached hydrogen (secondary N) is 1. The Morgan fingerprint density at radius 1 is 1.31 bits per heavy atom. The number of methoxy groups -OCH3 is 1. The fourth-order valence-corrected chi connectivity index (χ4v) is 4.02. The highest BCUT2D eigenvalue weighted by Gasteiger charge is 2.37. The lowest BCUT2D eigenvalue weighted by Crippen LogP contribution is -2.28. The standard InChI is InChI=1S/C24H23N5O3/c1-14-12-27-24(32-13-29-8-4-5-9-29)21-20(19(23(26)30)15(2)28-22(14)21)17-7-6-16(11-25)10-18(17)31-3/h4-10,12,20,28H,13H2,1-3H3,(H2,26,30)/t20-/m1/s1. The second-order valence-electron chi connectivity index (χ2n) is 7.54. The highest BCUT2D eigenvalue weighted by atomic mass is 16.5. The number of nitriles is 1. The van der Waals surface area contributed by atoms with E-state index in [9.17, 15) is 10.1 Å². The van der Waals surface area contributed by atoms with Crippen molar-refractivity contribution in [2.75, 3.05) is 12.4 Å². The smallest absolute Gasteiger partial charge is 0.247 e. The fourth-order valence-electron chi connectivity index (χ4n) is 4.02. The van der Waals surface area contributed by atoms with Gasteiger partial charge in [-0.25, -0.2) is 4.98 Å². The molecule has 1 atom stereocenters. The van der Waals surface area contributed by atoms with Crippen molar-refractivity contribution in [2.45, 2.75) is 26.5 Å². The first-order valence-electron chi connectivity index (χ1n) is 10.0. The largest absolute Gasteiger partial charge is 0.496 e. The first kappa shape index (κ1) is 21.0. The van der Waals surface area contributed by atoms with Crippen LogP contribution in [0.25, 0.3) is 0 Å². The van der Waals surface area contributed by atoms with E-state index in [1.807, 2.05) is 42.9 Å². The van der Waals surface area contributed by atoms with Gasteiger partial charge in [0.05, 0.1) is 35.9 Å². The van der Waals surface area contributed by atoms with Crippen molar-refractivity contribution in [3.63, 3.8) is 0 Å². The van der Waals surface area contributed by atoms with Crippen LogP contribution >= 0.6 is 0 Å². The molecular weight excluding hydrogens is 406 g/mol. The summed E-state index contributed by atoms with van der Waals surface area (Å²) in [6, 6.07) is 11.1. The Hall–Kier alpha value is -4.25. The topological polar surface area (TPSA) is 115 Å². The number of carbonyl (C=O) groups is 1. The molecule has 4 rings (SSSR count). The number of fused-ring (bicyclic) bond motifs is 1. The van der Waals surface area contributed by atoms with E-state index in [2.05, 4.69) is 16.4 Å². The van der Waals surface area contributed by atoms with Crippen LogP contribution in [0.4, 0.5) is 5.69 Å². The van der Waals surface area contributed by atoms with E-state index in [-0.39, 0.29) is 6.73 Å². The normalized spacial score (nSPS) is 14.9. The minimum absolute atomic E-state index is 0.251. The van der Waals surface area contributed by atoms with Crippen molar-refractivity contribution in [1.82, 2.24) is 9.55 Å². The molecule has 3 aromatic rings. The van der Waals surface area contributed by atoms with Crippen molar-refractivity contribution in [2.24, 2.45) is 5.73 Å². The number of ether oxygens (including phenoxy) is 2. The summed E-state index contributed by atoms with van der Waals surface area (Å²) in [6.07, 6.45) is 5.50. The van der Waals surface area contributed by atoms with E-state index in [1.165, 1.54) is 7.11 Å². The minimum Gasteiger partial charge on any atom is -0.496 e. The van der Waals surface area contributed by atoms with Gasteiger partial charge in [0, 0.05) is 35.4 Å². The van der Waals surface area contributed by atoms with Crippen molar-refractivity contribution in [3.05, 3.63) is 82.4 Å².